The molecule has 0 fully saturated rings. The molecule has 3 N–H and O–H groups in total. The number of ether oxygens (including phenoxy) is 1. The maximum atomic E-state index is 6.10. The first-order valence-electron chi connectivity index (χ1n) is 10.0. The number of aromatic amines is 1. The van der Waals surface area contributed by atoms with Gasteiger partial charge in [0.25, 0.3) is 0 Å². The summed E-state index contributed by atoms with van der Waals surface area (Å²) < 4.78 is 7.25. The summed E-state index contributed by atoms with van der Waals surface area (Å²) in [7, 11) is 7.80. The van der Waals surface area contributed by atoms with Gasteiger partial charge in [-0.25, -0.2) is 0 Å². The highest BCUT2D eigenvalue weighted by atomic mass is 16.5. The van der Waals surface area contributed by atoms with E-state index >= 15 is 0 Å². The standard InChI is InChI=1S/C25H25BN3O/c1-17-16-19(28-25(17)22(13-14-27)23-8-5-15-29(23)26)10-11-21-20-7-4-3-6-18(20)9-12-24(21)30-2/h3-12,15-16,28H,13-14,27H2,1-2H3/q+1/b11-10+. The second-order valence-corrected chi connectivity index (χ2v) is 7.34. The fraction of sp³-hybridized carbons (Fsp3) is 0.160. The highest BCUT2D eigenvalue weighted by molar-refractivity contribution is 6.01. The predicted molar refractivity (Wildman–Crippen MR) is 127 cm³/mol. The molecule has 1 aliphatic heterocycles. The highest BCUT2D eigenvalue weighted by Crippen LogP contribution is 2.31. The Kier molecular flexibility index (Phi) is 5.73. The number of aryl methyl sites for hydroxylation is 1. The van der Waals surface area contributed by atoms with E-state index in [4.69, 9.17) is 18.5 Å². The molecule has 0 amide bonds. The lowest BCUT2D eigenvalue weighted by molar-refractivity contribution is -0.294. The lowest BCUT2D eigenvalue weighted by Crippen LogP contribution is -2.09. The second kappa shape index (κ2) is 8.60. The van der Waals surface area contributed by atoms with E-state index in [1.54, 1.807) is 11.6 Å². The van der Waals surface area contributed by atoms with Gasteiger partial charge >= 0.3 is 7.98 Å². The Morgan fingerprint density at radius 3 is 2.77 bits per heavy atom. The molecule has 0 spiro atoms. The molecule has 5 heteroatoms. The van der Waals surface area contributed by atoms with Crippen molar-refractivity contribution < 1.29 is 9.22 Å². The normalized spacial score (nSPS) is 15.2. The van der Waals surface area contributed by atoms with Crippen LogP contribution in [0.5, 0.6) is 5.75 Å². The number of benzene rings is 2. The van der Waals surface area contributed by atoms with Gasteiger partial charge in [-0.3, -0.25) is 4.49 Å². The van der Waals surface area contributed by atoms with Crippen LogP contribution in [0.1, 0.15) is 28.9 Å². The summed E-state index contributed by atoms with van der Waals surface area (Å²) >= 11 is 0. The monoisotopic (exact) mass is 394 g/mol. The molecule has 0 aliphatic carbocycles. The second-order valence-electron chi connectivity index (χ2n) is 7.34. The Morgan fingerprint density at radius 1 is 1.20 bits per heavy atom. The SMILES string of the molecule is [B][N+]1=CC=CC1=C(CCN)c1[nH]c(/C=C/c2c(OC)ccc3ccccc23)cc1C. The average molecular weight is 394 g/mol. The van der Waals surface area contributed by atoms with Crippen LogP contribution in [0.3, 0.4) is 0 Å². The summed E-state index contributed by atoms with van der Waals surface area (Å²) in [6, 6.07) is 14.6. The van der Waals surface area contributed by atoms with Crippen LogP contribution in [0.25, 0.3) is 28.5 Å². The first kappa shape index (κ1) is 20.0. The molecule has 30 heavy (non-hydrogen) atoms. The van der Waals surface area contributed by atoms with Crippen LogP contribution in [0.15, 0.2) is 60.3 Å². The van der Waals surface area contributed by atoms with Crippen LogP contribution in [-0.4, -0.2) is 37.3 Å². The topological polar surface area (TPSA) is 54.0 Å². The molecular weight excluding hydrogens is 369 g/mol. The van der Waals surface area contributed by atoms with E-state index in [1.807, 2.05) is 36.6 Å². The zero-order valence-electron chi connectivity index (χ0n) is 17.4. The quantitative estimate of drug-likeness (QED) is 0.607. The molecule has 3 aromatic rings. The van der Waals surface area contributed by atoms with Crippen molar-refractivity contribution in [2.24, 2.45) is 5.73 Å². The van der Waals surface area contributed by atoms with Gasteiger partial charge < -0.3 is 15.5 Å². The smallest absolute Gasteiger partial charge is 0.496 e. The molecule has 4 nitrogen and oxygen atoms in total. The van der Waals surface area contributed by atoms with Crippen molar-refractivity contribution in [2.75, 3.05) is 13.7 Å². The minimum absolute atomic E-state index is 0.553. The highest BCUT2D eigenvalue weighted by Gasteiger charge is 2.20. The van der Waals surface area contributed by atoms with Crippen molar-refractivity contribution in [1.29, 1.82) is 0 Å². The minimum Gasteiger partial charge on any atom is -0.496 e. The number of nitrogens with one attached hydrogen (secondary N) is 1. The van der Waals surface area contributed by atoms with Crippen LogP contribution in [-0.2, 0) is 0 Å². The van der Waals surface area contributed by atoms with Gasteiger partial charge in [0, 0.05) is 29.0 Å². The Hall–Kier alpha value is -3.31. The van der Waals surface area contributed by atoms with Gasteiger partial charge in [0.1, 0.15) is 12.0 Å². The minimum atomic E-state index is 0.553. The molecule has 0 atom stereocenters. The zero-order chi connectivity index (χ0) is 21.1. The van der Waals surface area contributed by atoms with E-state index in [9.17, 15) is 0 Å². The van der Waals surface area contributed by atoms with E-state index in [-0.39, 0.29) is 0 Å². The average Bonchev–Trinajstić information content (AvgIpc) is 3.35. The molecule has 2 radical (unpaired) electrons. The Morgan fingerprint density at radius 2 is 2.03 bits per heavy atom. The summed E-state index contributed by atoms with van der Waals surface area (Å²) in [5, 5.41) is 2.34. The number of hydrogen-bond acceptors (Lipinski definition) is 2. The molecule has 0 saturated carbocycles. The van der Waals surface area contributed by atoms with Crippen molar-refractivity contribution in [1.82, 2.24) is 4.98 Å². The van der Waals surface area contributed by atoms with E-state index in [1.165, 1.54) is 5.39 Å². The number of nitrogens with two attached hydrogens (primary N) is 1. The number of H-pyrrole nitrogens is 1. The maximum absolute atomic E-state index is 6.10. The molecule has 0 bridgehead atoms. The maximum Gasteiger partial charge on any atom is 0.586 e. The molecule has 0 saturated heterocycles. The van der Waals surface area contributed by atoms with E-state index in [0.717, 1.165) is 51.3 Å². The van der Waals surface area contributed by atoms with E-state index in [0.29, 0.717) is 6.54 Å². The van der Waals surface area contributed by atoms with Gasteiger partial charge in [0.15, 0.2) is 5.70 Å². The third-order valence-electron chi connectivity index (χ3n) is 5.40. The van der Waals surface area contributed by atoms with Crippen LogP contribution in [0.2, 0.25) is 0 Å². The van der Waals surface area contributed by atoms with E-state index in [2.05, 4.69) is 48.3 Å². The Bertz CT molecular complexity index is 1210. The van der Waals surface area contributed by atoms with Gasteiger partial charge in [-0.05, 0) is 60.5 Å². The Balaban J connectivity index is 1.75. The van der Waals surface area contributed by atoms with Gasteiger partial charge in [0.05, 0.1) is 12.8 Å². The summed E-state index contributed by atoms with van der Waals surface area (Å²) in [5.74, 6) is 0.852. The molecule has 148 valence electrons. The first-order valence-corrected chi connectivity index (χ1v) is 10.0. The first-order chi connectivity index (χ1) is 14.6. The number of methoxy groups -OCH3 is 1. The number of rotatable bonds is 6. The fourth-order valence-corrected chi connectivity index (χ4v) is 3.96. The zero-order valence-corrected chi connectivity index (χ0v) is 17.4. The number of fused-ring (bicyclic) bond motifs is 1. The van der Waals surface area contributed by atoms with Crippen LogP contribution in [0, 0.1) is 6.92 Å². The molecule has 1 aromatic heterocycles. The molecule has 4 rings (SSSR count). The van der Waals surface area contributed by atoms with Crippen LogP contribution < -0.4 is 10.5 Å². The van der Waals surface area contributed by atoms with Crippen molar-refractivity contribution in [2.45, 2.75) is 13.3 Å². The van der Waals surface area contributed by atoms with Crippen molar-refractivity contribution >= 4 is 42.7 Å². The number of aromatic nitrogens is 1. The third-order valence-corrected chi connectivity index (χ3v) is 5.40. The molecule has 1 aliphatic rings. The number of nitrogens with zero attached hydrogens (tertiary/aromatic N) is 1. The van der Waals surface area contributed by atoms with Crippen molar-refractivity contribution in [3.63, 3.8) is 0 Å². The van der Waals surface area contributed by atoms with Crippen molar-refractivity contribution in [3.8, 4) is 5.75 Å². The summed E-state index contributed by atoms with van der Waals surface area (Å²) in [6.45, 7) is 2.65. The predicted octanol–water partition coefficient (Wildman–Crippen LogP) is 4.45. The van der Waals surface area contributed by atoms with Crippen LogP contribution >= 0.6 is 0 Å². The van der Waals surface area contributed by atoms with Gasteiger partial charge in [0.2, 0.25) is 0 Å². The summed E-state index contributed by atoms with van der Waals surface area (Å²) in [6.07, 6.45) is 10.7. The summed E-state index contributed by atoms with van der Waals surface area (Å²) in [5.41, 5.74) is 12.3. The Labute approximate surface area is 178 Å². The van der Waals surface area contributed by atoms with Crippen molar-refractivity contribution in [3.05, 3.63) is 82.8 Å². The molecular formula is C25H25BN3O+. The number of hydrogen-bond donors (Lipinski definition) is 2. The van der Waals surface area contributed by atoms with Gasteiger partial charge in [-0.1, -0.05) is 30.3 Å². The molecule has 0 unspecified atom stereocenters. The fourth-order valence-electron chi connectivity index (χ4n) is 3.96. The lowest BCUT2D eigenvalue weighted by atomic mass is 10.0. The molecule has 2 heterocycles. The van der Waals surface area contributed by atoms with Gasteiger partial charge in [-0.2, -0.15) is 0 Å². The largest absolute Gasteiger partial charge is 0.586 e. The molecule has 2 aromatic carbocycles. The number of allylic oxidation sites excluding steroid dienone is 2. The van der Waals surface area contributed by atoms with Crippen LogP contribution in [0.4, 0.5) is 0 Å². The van der Waals surface area contributed by atoms with E-state index < -0.39 is 0 Å². The van der Waals surface area contributed by atoms with Gasteiger partial charge in [-0.15, -0.1) is 0 Å². The lowest BCUT2D eigenvalue weighted by Gasteiger charge is -2.09. The summed E-state index contributed by atoms with van der Waals surface area (Å²) in [4.78, 5) is 3.55. The third kappa shape index (κ3) is 3.76.